The molecule has 0 bridgehead atoms. The number of hydrogen-bond acceptors (Lipinski definition) is 3. The molecule has 2 N–H and O–H groups in total. The van der Waals surface area contributed by atoms with Gasteiger partial charge in [-0.25, -0.2) is 0 Å². The molecule has 0 fully saturated rings. The molecule has 2 aromatic carbocycles. The van der Waals surface area contributed by atoms with E-state index in [9.17, 15) is 9.59 Å². The molecular weight excluding hydrogens is 424 g/mol. The molecule has 1 atom stereocenters. The highest BCUT2D eigenvalue weighted by Gasteiger charge is 2.11. The molecule has 178 valence electrons. The molecule has 1 aromatic heterocycles. The summed E-state index contributed by atoms with van der Waals surface area (Å²) in [5, 5.41) is 10.5. The molecule has 0 saturated heterocycles. The molecule has 0 aliphatic rings. The summed E-state index contributed by atoms with van der Waals surface area (Å²) in [5.41, 5.74) is 6.73. The van der Waals surface area contributed by atoms with Gasteiger partial charge in [0.1, 0.15) is 0 Å². The summed E-state index contributed by atoms with van der Waals surface area (Å²) in [6.07, 6.45) is 4.22. The normalized spacial score (nSPS) is 12.0. The van der Waals surface area contributed by atoms with Crippen LogP contribution in [0.1, 0.15) is 64.3 Å². The van der Waals surface area contributed by atoms with E-state index >= 15 is 0 Å². The zero-order chi connectivity index (χ0) is 24.7. The van der Waals surface area contributed by atoms with Crippen LogP contribution in [0.25, 0.3) is 6.08 Å². The lowest BCUT2D eigenvalue weighted by molar-refractivity contribution is -0.116. The Labute approximate surface area is 202 Å². The van der Waals surface area contributed by atoms with Crippen LogP contribution in [0.5, 0.6) is 0 Å². The summed E-state index contributed by atoms with van der Waals surface area (Å²) in [4.78, 5) is 24.8. The highest BCUT2D eigenvalue weighted by molar-refractivity contribution is 5.94. The van der Waals surface area contributed by atoms with Crippen molar-refractivity contribution in [1.29, 1.82) is 0 Å². The predicted molar refractivity (Wildman–Crippen MR) is 137 cm³/mol. The van der Waals surface area contributed by atoms with E-state index in [-0.39, 0.29) is 17.9 Å². The lowest BCUT2D eigenvalue weighted by atomic mass is 10.1. The first-order valence-corrected chi connectivity index (χ1v) is 11.7. The largest absolute Gasteiger partial charge is 0.350 e. The molecule has 3 rings (SSSR count). The van der Waals surface area contributed by atoms with Gasteiger partial charge in [0.25, 0.3) is 5.91 Å². The van der Waals surface area contributed by atoms with Crippen molar-refractivity contribution in [1.82, 2.24) is 20.4 Å². The minimum Gasteiger partial charge on any atom is -0.350 e. The highest BCUT2D eigenvalue weighted by Crippen LogP contribution is 2.17. The fourth-order valence-electron chi connectivity index (χ4n) is 3.61. The van der Waals surface area contributed by atoms with Crippen LogP contribution >= 0.6 is 0 Å². The van der Waals surface area contributed by atoms with Crippen molar-refractivity contribution < 1.29 is 9.59 Å². The Morgan fingerprint density at radius 2 is 1.79 bits per heavy atom. The topological polar surface area (TPSA) is 76.0 Å². The first-order valence-electron chi connectivity index (χ1n) is 11.7. The Morgan fingerprint density at radius 3 is 2.50 bits per heavy atom. The number of benzene rings is 2. The maximum atomic E-state index is 12.4. The van der Waals surface area contributed by atoms with Crippen molar-refractivity contribution >= 4 is 17.9 Å². The number of nitrogens with one attached hydrogen (secondary N) is 2. The molecule has 2 amide bonds. The SMILES string of the molecule is CCC(C)NC(=O)c1cccc(CNC(=O)C=Cc2c(C)nn(Cc3ccc(C)cc3)c2C)c1. The second kappa shape index (κ2) is 11.5. The van der Waals surface area contributed by atoms with Gasteiger partial charge in [-0.05, 0) is 63.5 Å². The monoisotopic (exact) mass is 458 g/mol. The zero-order valence-electron chi connectivity index (χ0n) is 20.7. The van der Waals surface area contributed by atoms with E-state index in [4.69, 9.17) is 0 Å². The number of aromatic nitrogens is 2. The second-order valence-electron chi connectivity index (χ2n) is 8.76. The minimum absolute atomic E-state index is 0.101. The molecule has 6 heteroatoms. The van der Waals surface area contributed by atoms with Gasteiger partial charge in [0.05, 0.1) is 12.2 Å². The maximum absolute atomic E-state index is 12.4. The standard InChI is InChI=1S/C28H34N4O2/c1-6-20(3)30-28(34)25-9-7-8-24(16-25)17-29-27(33)15-14-26-21(4)31-32(22(26)5)18-23-12-10-19(2)11-13-23/h7-16,20H,6,17-18H2,1-5H3,(H,29,33)(H,30,34). The third-order valence-electron chi connectivity index (χ3n) is 5.94. The molecule has 3 aromatic rings. The van der Waals surface area contributed by atoms with Crippen LogP contribution in [0.3, 0.4) is 0 Å². The Kier molecular flexibility index (Phi) is 8.41. The van der Waals surface area contributed by atoms with Gasteiger partial charge in [-0.1, -0.05) is 48.9 Å². The first kappa shape index (κ1) is 25.0. The predicted octanol–water partition coefficient (Wildman–Crippen LogP) is 4.71. The number of amides is 2. The van der Waals surface area contributed by atoms with E-state index in [1.165, 1.54) is 17.2 Å². The van der Waals surface area contributed by atoms with Crippen molar-refractivity contribution in [3.8, 4) is 0 Å². The zero-order valence-corrected chi connectivity index (χ0v) is 20.7. The molecule has 0 radical (unpaired) electrons. The van der Waals surface area contributed by atoms with Crippen LogP contribution < -0.4 is 10.6 Å². The number of carbonyl (C=O) groups excluding carboxylic acids is 2. The number of aryl methyl sites for hydroxylation is 2. The third-order valence-corrected chi connectivity index (χ3v) is 5.94. The molecule has 6 nitrogen and oxygen atoms in total. The number of nitrogens with zero attached hydrogens (tertiary/aromatic N) is 2. The Hall–Kier alpha value is -3.67. The lowest BCUT2D eigenvalue weighted by Gasteiger charge is -2.12. The fraction of sp³-hybridized carbons (Fsp3) is 0.321. The van der Waals surface area contributed by atoms with E-state index in [0.29, 0.717) is 18.7 Å². The summed E-state index contributed by atoms with van der Waals surface area (Å²) in [7, 11) is 0. The van der Waals surface area contributed by atoms with Gasteiger partial charge < -0.3 is 10.6 Å². The molecule has 1 unspecified atom stereocenters. The maximum Gasteiger partial charge on any atom is 0.251 e. The lowest BCUT2D eigenvalue weighted by Crippen LogP contribution is -2.32. The van der Waals surface area contributed by atoms with Crippen LogP contribution in [-0.2, 0) is 17.9 Å². The quantitative estimate of drug-likeness (QED) is 0.456. The second-order valence-corrected chi connectivity index (χ2v) is 8.76. The summed E-state index contributed by atoms with van der Waals surface area (Å²) < 4.78 is 1.97. The fourth-order valence-corrected chi connectivity index (χ4v) is 3.61. The van der Waals surface area contributed by atoms with E-state index in [1.807, 2.05) is 56.7 Å². The summed E-state index contributed by atoms with van der Waals surface area (Å²) in [6.45, 7) is 11.1. The van der Waals surface area contributed by atoms with Gasteiger partial charge in [-0.15, -0.1) is 0 Å². The van der Waals surface area contributed by atoms with Gasteiger partial charge in [0, 0.05) is 35.5 Å². The number of carbonyl (C=O) groups is 2. The van der Waals surface area contributed by atoms with Gasteiger partial charge in [-0.2, -0.15) is 5.10 Å². The van der Waals surface area contributed by atoms with E-state index in [1.54, 1.807) is 6.07 Å². The number of hydrogen-bond donors (Lipinski definition) is 2. The van der Waals surface area contributed by atoms with E-state index in [2.05, 4.69) is 46.9 Å². The van der Waals surface area contributed by atoms with Gasteiger partial charge in [-0.3, -0.25) is 14.3 Å². The molecule has 0 saturated carbocycles. The number of rotatable bonds is 9. The van der Waals surface area contributed by atoms with Gasteiger partial charge in [0.15, 0.2) is 0 Å². The summed E-state index contributed by atoms with van der Waals surface area (Å²) >= 11 is 0. The Balaban J connectivity index is 1.60. The Morgan fingerprint density at radius 1 is 1.06 bits per heavy atom. The van der Waals surface area contributed by atoms with Crippen molar-refractivity contribution in [2.24, 2.45) is 0 Å². The first-order chi connectivity index (χ1) is 16.3. The molecule has 0 spiro atoms. The van der Waals surface area contributed by atoms with Crippen molar-refractivity contribution in [3.05, 3.63) is 93.8 Å². The van der Waals surface area contributed by atoms with Crippen LogP contribution in [0, 0.1) is 20.8 Å². The van der Waals surface area contributed by atoms with Crippen LogP contribution in [-0.4, -0.2) is 27.6 Å². The molecule has 1 heterocycles. The molecule has 34 heavy (non-hydrogen) atoms. The smallest absolute Gasteiger partial charge is 0.251 e. The van der Waals surface area contributed by atoms with Crippen molar-refractivity contribution in [2.75, 3.05) is 0 Å². The third kappa shape index (κ3) is 6.67. The Bertz CT molecular complexity index is 1180. The average molecular weight is 459 g/mol. The molecule has 0 aliphatic carbocycles. The molecule has 0 aliphatic heterocycles. The van der Waals surface area contributed by atoms with Crippen LogP contribution in [0.15, 0.2) is 54.6 Å². The van der Waals surface area contributed by atoms with Gasteiger partial charge in [0.2, 0.25) is 5.91 Å². The molecular formula is C28H34N4O2. The van der Waals surface area contributed by atoms with Gasteiger partial charge >= 0.3 is 0 Å². The van der Waals surface area contributed by atoms with E-state index in [0.717, 1.165) is 28.9 Å². The summed E-state index contributed by atoms with van der Waals surface area (Å²) in [5.74, 6) is -0.296. The van der Waals surface area contributed by atoms with Crippen LogP contribution in [0.2, 0.25) is 0 Å². The van der Waals surface area contributed by atoms with Crippen molar-refractivity contribution in [3.63, 3.8) is 0 Å². The van der Waals surface area contributed by atoms with Crippen LogP contribution in [0.4, 0.5) is 0 Å². The summed E-state index contributed by atoms with van der Waals surface area (Å²) in [6, 6.07) is 15.9. The van der Waals surface area contributed by atoms with E-state index < -0.39 is 0 Å². The highest BCUT2D eigenvalue weighted by atomic mass is 16.2. The average Bonchev–Trinajstić information content (AvgIpc) is 3.09. The van der Waals surface area contributed by atoms with Crippen molar-refractivity contribution in [2.45, 2.75) is 60.2 Å². The minimum atomic E-state index is -0.195.